The van der Waals surface area contributed by atoms with E-state index in [1.165, 1.54) is 0 Å². The number of nitrogens with one attached hydrogen (secondary N) is 1. The molecule has 0 saturated heterocycles. The first kappa shape index (κ1) is 6.22. The van der Waals surface area contributed by atoms with Gasteiger partial charge in [0.2, 0.25) is 0 Å². The van der Waals surface area contributed by atoms with Crippen LogP contribution in [0.15, 0.2) is 22.8 Å². The molecule has 0 amide bonds. The van der Waals surface area contributed by atoms with Gasteiger partial charge in [-0.15, -0.1) is 0 Å². The van der Waals surface area contributed by atoms with E-state index >= 15 is 0 Å². The molecule has 2 rings (SSSR count). The van der Waals surface area contributed by atoms with Gasteiger partial charge in [-0.25, -0.2) is 0 Å². The van der Waals surface area contributed by atoms with Crippen molar-refractivity contribution < 1.29 is 4.42 Å². The number of furan rings is 1. The summed E-state index contributed by atoms with van der Waals surface area (Å²) in [6, 6.07) is 3.73. The van der Waals surface area contributed by atoms with Crippen molar-refractivity contribution in [2.45, 2.75) is 6.92 Å². The Balaban J connectivity index is 2.53. The van der Waals surface area contributed by atoms with Crippen LogP contribution in [0.1, 0.15) is 5.56 Å². The van der Waals surface area contributed by atoms with Crippen molar-refractivity contribution in [3.63, 3.8) is 0 Å². The van der Waals surface area contributed by atoms with E-state index in [4.69, 9.17) is 4.42 Å². The summed E-state index contributed by atoms with van der Waals surface area (Å²) in [5.41, 5.74) is 1.87. The lowest BCUT2D eigenvalue weighted by atomic mass is 10.2. The fourth-order valence-corrected chi connectivity index (χ4v) is 0.968. The highest BCUT2D eigenvalue weighted by atomic mass is 16.3. The zero-order chi connectivity index (χ0) is 7.68. The zero-order valence-corrected chi connectivity index (χ0v) is 6.09. The second-order valence-corrected chi connectivity index (χ2v) is 2.31. The molecule has 0 saturated carbocycles. The van der Waals surface area contributed by atoms with Gasteiger partial charge in [0.1, 0.15) is 11.9 Å². The summed E-state index contributed by atoms with van der Waals surface area (Å²) in [5.74, 6) is 0.802. The van der Waals surface area contributed by atoms with Gasteiger partial charge in [-0.2, -0.15) is 5.10 Å². The number of aromatic nitrogens is 2. The van der Waals surface area contributed by atoms with Crippen molar-refractivity contribution in [1.82, 2.24) is 10.2 Å². The summed E-state index contributed by atoms with van der Waals surface area (Å²) >= 11 is 0. The van der Waals surface area contributed by atoms with Crippen molar-refractivity contribution in [2.24, 2.45) is 0 Å². The van der Waals surface area contributed by atoms with Crippen molar-refractivity contribution >= 4 is 0 Å². The van der Waals surface area contributed by atoms with Crippen molar-refractivity contribution in [3.8, 4) is 11.5 Å². The fraction of sp³-hybridized carbons (Fsp3) is 0.125. The van der Waals surface area contributed by atoms with Gasteiger partial charge >= 0.3 is 0 Å². The zero-order valence-electron chi connectivity index (χ0n) is 6.09. The first-order valence-corrected chi connectivity index (χ1v) is 3.34. The molecule has 3 nitrogen and oxygen atoms in total. The second kappa shape index (κ2) is 2.27. The van der Waals surface area contributed by atoms with Gasteiger partial charge in [0.05, 0.1) is 6.26 Å². The Morgan fingerprint density at radius 2 is 2.55 bits per heavy atom. The van der Waals surface area contributed by atoms with Gasteiger partial charge in [0, 0.05) is 5.56 Å². The van der Waals surface area contributed by atoms with Crippen LogP contribution in [0.25, 0.3) is 11.5 Å². The number of hydrogen-bond donors (Lipinski definition) is 1. The molecule has 3 heteroatoms. The molecule has 0 fully saturated rings. The molecule has 0 aromatic carbocycles. The monoisotopic (exact) mass is 147 g/mol. The molecular formula is C8H7N2O. The molecule has 2 heterocycles. The number of aromatic amines is 1. The highest BCUT2D eigenvalue weighted by Gasteiger charge is 2.05. The van der Waals surface area contributed by atoms with Gasteiger partial charge in [-0.05, 0) is 19.1 Å². The van der Waals surface area contributed by atoms with Crippen LogP contribution in [0, 0.1) is 13.1 Å². The van der Waals surface area contributed by atoms with E-state index in [1.807, 2.05) is 19.1 Å². The van der Waals surface area contributed by atoms with E-state index in [1.54, 1.807) is 6.26 Å². The Bertz CT molecular complexity index is 335. The average molecular weight is 147 g/mol. The first-order valence-electron chi connectivity index (χ1n) is 3.34. The quantitative estimate of drug-likeness (QED) is 0.668. The minimum Gasteiger partial charge on any atom is -0.463 e. The summed E-state index contributed by atoms with van der Waals surface area (Å²) in [4.78, 5) is 0. The van der Waals surface area contributed by atoms with Crippen LogP contribution >= 0.6 is 0 Å². The van der Waals surface area contributed by atoms with E-state index in [0.717, 1.165) is 17.0 Å². The van der Waals surface area contributed by atoms with Gasteiger partial charge in [-0.3, -0.25) is 5.10 Å². The van der Waals surface area contributed by atoms with Gasteiger partial charge in [0.15, 0.2) is 5.76 Å². The molecule has 0 spiro atoms. The topological polar surface area (TPSA) is 41.8 Å². The number of H-pyrrole nitrogens is 1. The van der Waals surface area contributed by atoms with E-state index in [-0.39, 0.29) is 0 Å². The van der Waals surface area contributed by atoms with E-state index < -0.39 is 0 Å². The molecule has 0 aliphatic carbocycles. The number of nitrogens with zero attached hydrogens (tertiary/aromatic N) is 1. The van der Waals surface area contributed by atoms with Gasteiger partial charge in [-0.1, -0.05) is 0 Å². The molecule has 1 N–H and O–H groups in total. The van der Waals surface area contributed by atoms with Crippen molar-refractivity contribution in [3.05, 3.63) is 30.2 Å². The van der Waals surface area contributed by atoms with E-state index in [2.05, 4.69) is 16.4 Å². The van der Waals surface area contributed by atoms with Gasteiger partial charge in [0.25, 0.3) is 0 Å². The Morgan fingerprint density at radius 3 is 3.09 bits per heavy atom. The lowest BCUT2D eigenvalue weighted by Crippen LogP contribution is -1.75. The standard InChI is InChI=1S/C8H7N2O/c1-6-5-9-10-8(6)7-3-2-4-11-7/h2-4H,1H3,(H,9,10). The average Bonchev–Trinajstić information content (AvgIpc) is 2.55. The van der Waals surface area contributed by atoms with Crippen molar-refractivity contribution in [2.75, 3.05) is 0 Å². The highest BCUT2D eigenvalue weighted by molar-refractivity contribution is 5.55. The molecule has 0 atom stereocenters. The molecular weight excluding hydrogens is 140 g/mol. The molecule has 0 bridgehead atoms. The van der Waals surface area contributed by atoms with Gasteiger partial charge < -0.3 is 4.42 Å². The molecule has 0 aliphatic rings. The summed E-state index contributed by atoms with van der Waals surface area (Å²) in [7, 11) is 0. The third kappa shape index (κ3) is 0.941. The third-order valence-corrected chi connectivity index (χ3v) is 1.53. The SMILES string of the molecule is Cc1[c]n[nH]c1-c1ccco1. The predicted molar refractivity (Wildman–Crippen MR) is 39.9 cm³/mol. The molecule has 0 unspecified atom stereocenters. The molecule has 11 heavy (non-hydrogen) atoms. The normalized spacial score (nSPS) is 10.3. The third-order valence-electron chi connectivity index (χ3n) is 1.53. The Labute approximate surface area is 64.0 Å². The lowest BCUT2D eigenvalue weighted by Gasteiger charge is -1.90. The van der Waals surface area contributed by atoms with Crippen LogP contribution in [0.4, 0.5) is 0 Å². The molecule has 2 aromatic heterocycles. The largest absolute Gasteiger partial charge is 0.463 e. The Morgan fingerprint density at radius 1 is 1.64 bits per heavy atom. The predicted octanol–water partition coefficient (Wildman–Crippen LogP) is 1.78. The summed E-state index contributed by atoms with van der Waals surface area (Å²) < 4.78 is 5.17. The molecule has 0 aliphatic heterocycles. The number of aryl methyl sites for hydroxylation is 1. The number of hydrogen-bond acceptors (Lipinski definition) is 2. The fourth-order valence-electron chi connectivity index (χ4n) is 0.968. The Kier molecular flexibility index (Phi) is 1.28. The van der Waals surface area contributed by atoms with E-state index in [9.17, 15) is 0 Å². The highest BCUT2D eigenvalue weighted by Crippen LogP contribution is 2.19. The smallest absolute Gasteiger partial charge is 0.151 e. The van der Waals surface area contributed by atoms with Crippen LogP contribution in [-0.2, 0) is 0 Å². The summed E-state index contributed by atoms with van der Waals surface area (Å²) in [6.07, 6.45) is 4.43. The lowest BCUT2D eigenvalue weighted by molar-refractivity contribution is 0.579. The van der Waals surface area contributed by atoms with Crippen LogP contribution in [0.2, 0.25) is 0 Å². The summed E-state index contributed by atoms with van der Waals surface area (Å²) in [5, 5.41) is 6.58. The van der Waals surface area contributed by atoms with Crippen LogP contribution in [-0.4, -0.2) is 10.2 Å². The first-order chi connectivity index (χ1) is 5.38. The minimum absolute atomic E-state index is 0.802. The van der Waals surface area contributed by atoms with Crippen molar-refractivity contribution in [1.29, 1.82) is 0 Å². The Hall–Kier alpha value is -1.51. The maximum absolute atomic E-state index is 5.17. The maximum Gasteiger partial charge on any atom is 0.151 e. The second-order valence-electron chi connectivity index (χ2n) is 2.31. The molecule has 55 valence electrons. The van der Waals surface area contributed by atoms with Crippen LogP contribution in [0.5, 0.6) is 0 Å². The summed E-state index contributed by atoms with van der Waals surface area (Å²) in [6.45, 7) is 1.93. The van der Waals surface area contributed by atoms with E-state index in [0.29, 0.717) is 0 Å². The molecule has 2 aromatic rings. The molecule has 1 radical (unpaired) electrons. The maximum atomic E-state index is 5.17. The minimum atomic E-state index is 0.802. The number of rotatable bonds is 1. The van der Waals surface area contributed by atoms with Crippen LogP contribution < -0.4 is 0 Å². The van der Waals surface area contributed by atoms with Crippen LogP contribution in [0.3, 0.4) is 0 Å².